The van der Waals surface area contributed by atoms with E-state index in [-0.39, 0.29) is 18.1 Å². The number of aromatic nitrogens is 2. The third kappa shape index (κ3) is 4.62. The Kier molecular flexibility index (Phi) is 6.85. The maximum absolute atomic E-state index is 14.0. The molecule has 0 aliphatic carbocycles. The number of fused-ring (bicyclic) bond motifs is 2. The molecule has 1 aromatic heterocycles. The molecule has 2 aliphatic rings. The highest BCUT2D eigenvalue weighted by Gasteiger charge is 2.31. The number of halogens is 1. The third-order valence-corrected chi connectivity index (χ3v) is 6.69. The number of carbonyl (C=O) groups is 2. The van der Waals surface area contributed by atoms with E-state index in [1.54, 1.807) is 18.0 Å². The van der Waals surface area contributed by atoms with Crippen LogP contribution in [0.4, 0.5) is 10.1 Å². The number of nitrogens with one attached hydrogen (secondary N) is 1. The van der Waals surface area contributed by atoms with Crippen molar-refractivity contribution < 1.29 is 19.1 Å². The first-order valence-electron chi connectivity index (χ1n) is 11.6. The van der Waals surface area contributed by atoms with Gasteiger partial charge in [0.05, 0.1) is 6.04 Å². The van der Waals surface area contributed by atoms with Crippen LogP contribution in [-0.4, -0.2) is 52.0 Å². The molecular formula is C24H30FN5O4. The van der Waals surface area contributed by atoms with Crippen molar-refractivity contribution in [3.05, 3.63) is 51.5 Å². The van der Waals surface area contributed by atoms with E-state index in [1.807, 2.05) is 11.9 Å². The first kappa shape index (κ1) is 23.7. The summed E-state index contributed by atoms with van der Waals surface area (Å²) in [5, 5.41) is 13.2. The summed E-state index contributed by atoms with van der Waals surface area (Å²) in [5.74, 6) is -1.58. The fourth-order valence-electron chi connectivity index (χ4n) is 4.69. The molecule has 9 nitrogen and oxygen atoms in total. The molecule has 0 radical (unpaired) electrons. The molecule has 2 aliphatic heterocycles. The van der Waals surface area contributed by atoms with E-state index in [2.05, 4.69) is 10.3 Å². The fourth-order valence-corrected chi connectivity index (χ4v) is 4.69. The van der Waals surface area contributed by atoms with Crippen molar-refractivity contribution in [3.8, 4) is 5.75 Å². The van der Waals surface area contributed by atoms with Gasteiger partial charge in [-0.2, -0.15) is 0 Å². The monoisotopic (exact) mass is 471 g/mol. The predicted molar refractivity (Wildman–Crippen MR) is 124 cm³/mol. The predicted octanol–water partition coefficient (Wildman–Crippen LogP) is 2.32. The van der Waals surface area contributed by atoms with E-state index in [1.165, 1.54) is 16.7 Å². The summed E-state index contributed by atoms with van der Waals surface area (Å²) in [7, 11) is 3.53. The van der Waals surface area contributed by atoms with Crippen LogP contribution < -0.4 is 15.8 Å². The Morgan fingerprint density at radius 3 is 2.65 bits per heavy atom. The van der Waals surface area contributed by atoms with Crippen molar-refractivity contribution in [2.45, 2.75) is 57.7 Å². The minimum absolute atomic E-state index is 0.0696. The molecule has 182 valence electrons. The van der Waals surface area contributed by atoms with Gasteiger partial charge in [0.2, 0.25) is 11.7 Å². The first-order valence-corrected chi connectivity index (χ1v) is 11.6. The van der Waals surface area contributed by atoms with Gasteiger partial charge in [0, 0.05) is 45.8 Å². The zero-order valence-electron chi connectivity index (χ0n) is 19.5. The number of carbonyl (C=O) groups excluding carboxylic acids is 2. The van der Waals surface area contributed by atoms with Gasteiger partial charge in [-0.25, -0.2) is 9.37 Å². The van der Waals surface area contributed by atoms with Crippen LogP contribution in [0.5, 0.6) is 5.75 Å². The highest BCUT2D eigenvalue weighted by Crippen LogP contribution is 2.29. The number of hydrogen-bond acceptors (Lipinski definition) is 6. The van der Waals surface area contributed by atoms with E-state index in [4.69, 9.17) is 0 Å². The molecule has 1 atom stereocenters. The van der Waals surface area contributed by atoms with Crippen LogP contribution in [0.1, 0.15) is 66.4 Å². The molecule has 2 bridgehead atoms. The van der Waals surface area contributed by atoms with E-state index >= 15 is 0 Å². The molecular weight excluding hydrogens is 441 g/mol. The van der Waals surface area contributed by atoms with Crippen molar-refractivity contribution in [1.29, 1.82) is 0 Å². The molecule has 2 aromatic rings. The molecule has 1 aromatic carbocycles. The van der Waals surface area contributed by atoms with Gasteiger partial charge in [-0.3, -0.25) is 19.0 Å². The van der Waals surface area contributed by atoms with Crippen molar-refractivity contribution in [3.63, 3.8) is 0 Å². The molecule has 1 unspecified atom stereocenters. The molecule has 0 saturated carbocycles. The SMILES string of the molecule is CN1CCCCC(=O)N(C)C2CCCCn3c2nc(c(O)c3=O)C(=O)NCc2ccc(F)cc21. The summed E-state index contributed by atoms with van der Waals surface area (Å²) in [5.41, 5.74) is 0.249. The van der Waals surface area contributed by atoms with Gasteiger partial charge < -0.3 is 20.2 Å². The number of amides is 2. The number of hydrogen-bond donors (Lipinski definition) is 2. The summed E-state index contributed by atoms with van der Waals surface area (Å²) >= 11 is 0. The number of anilines is 1. The van der Waals surface area contributed by atoms with Gasteiger partial charge in [-0.05, 0) is 49.8 Å². The first-order chi connectivity index (χ1) is 16.3. The van der Waals surface area contributed by atoms with Crippen LogP contribution >= 0.6 is 0 Å². The normalized spacial score (nSPS) is 19.9. The Morgan fingerprint density at radius 1 is 1.09 bits per heavy atom. The second-order valence-corrected chi connectivity index (χ2v) is 8.97. The van der Waals surface area contributed by atoms with Gasteiger partial charge in [-0.15, -0.1) is 0 Å². The standard InChI is InChI=1S/C24H30FN5O4/c1-28-11-5-4-8-19(31)29(2)17-7-3-6-12-30-22(17)27-20(21(32)24(30)34)23(33)26-14-15-9-10-16(25)13-18(15)28/h9-10,13,17,32H,3-8,11-12,14H2,1-2H3,(H,26,33). The van der Waals surface area contributed by atoms with Crippen LogP contribution in [-0.2, 0) is 17.9 Å². The lowest BCUT2D eigenvalue weighted by Crippen LogP contribution is -2.37. The van der Waals surface area contributed by atoms with Crippen LogP contribution in [0.3, 0.4) is 0 Å². The summed E-state index contributed by atoms with van der Waals surface area (Å²) in [6, 6.07) is 3.85. The molecule has 2 amide bonds. The lowest BCUT2D eigenvalue weighted by atomic mass is 10.1. The molecule has 10 heteroatoms. The van der Waals surface area contributed by atoms with E-state index < -0.39 is 29.1 Å². The number of nitrogens with zero attached hydrogens (tertiary/aromatic N) is 4. The Hall–Kier alpha value is -3.43. The van der Waals surface area contributed by atoms with Gasteiger partial charge in [0.1, 0.15) is 11.6 Å². The Labute approximate surface area is 197 Å². The van der Waals surface area contributed by atoms with Gasteiger partial charge >= 0.3 is 0 Å². The molecule has 3 heterocycles. The largest absolute Gasteiger partial charge is 0.501 e. The molecule has 34 heavy (non-hydrogen) atoms. The average Bonchev–Trinajstić information content (AvgIpc) is 3.04. The topological polar surface area (TPSA) is 108 Å². The van der Waals surface area contributed by atoms with Gasteiger partial charge in [0.25, 0.3) is 11.5 Å². The van der Waals surface area contributed by atoms with Gasteiger partial charge in [0.15, 0.2) is 5.69 Å². The van der Waals surface area contributed by atoms with Crippen LogP contribution in [0, 0.1) is 5.82 Å². The zero-order valence-corrected chi connectivity index (χ0v) is 19.5. The lowest BCUT2D eigenvalue weighted by Gasteiger charge is -2.29. The van der Waals surface area contributed by atoms with E-state index in [9.17, 15) is 23.9 Å². The van der Waals surface area contributed by atoms with Gasteiger partial charge in [-0.1, -0.05) is 6.07 Å². The maximum Gasteiger partial charge on any atom is 0.296 e. The van der Waals surface area contributed by atoms with E-state index in [0.717, 1.165) is 12.8 Å². The lowest BCUT2D eigenvalue weighted by molar-refractivity contribution is -0.132. The summed E-state index contributed by atoms with van der Waals surface area (Å²) in [6.07, 6.45) is 3.82. The molecule has 0 fully saturated rings. The highest BCUT2D eigenvalue weighted by molar-refractivity contribution is 5.94. The average molecular weight is 472 g/mol. The van der Waals surface area contributed by atoms with Crippen LogP contribution in [0.2, 0.25) is 0 Å². The van der Waals surface area contributed by atoms with Crippen LogP contribution in [0.15, 0.2) is 23.0 Å². The Morgan fingerprint density at radius 2 is 1.85 bits per heavy atom. The van der Waals surface area contributed by atoms with Crippen molar-refractivity contribution >= 4 is 17.5 Å². The van der Waals surface area contributed by atoms with Crippen LogP contribution in [0.25, 0.3) is 0 Å². The second-order valence-electron chi connectivity index (χ2n) is 8.97. The quantitative estimate of drug-likeness (QED) is 0.611. The smallest absolute Gasteiger partial charge is 0.296 e. The third-order valence-electron chi connectivity index (χ3n) is 6.69. The zero-order chi connectivity index (χ0) is 24.4. The number of aromatic hydroxyl groups is 1. The fraction of sp³-hybridized carbons (Fsp3) is 0.500. The number of rotatable bonds is 0. The second kappa shape index (κ2) is 9.82. The summed E-state index contributed by atoms with van der Waals surface area (Å²) < 4.78 is 15.3. The minimum Gasteiger partial charge on any atom is -0.501 e. The summed E-state index contributed by atoms with van der Waals surface area (Å²) in [6.45, 7) is 1.05. The molecule has 2 N–H and O–H groups in total. The highest BCUT2D eigenvalue weighted by atomic mass is 19.1. The Bertz CT molecular complexity index is 1160. The molecule has 0 saturated heterocycles. The number of benzene rings is 1. The van der Waals surface area contributed by atoms with Crippen molar-refractivity contribution in [2.75, 3.05) is 25.5 Å². The Balaban J connectivity index is 1.78. The van der Waals surface area contributed by atoms with Crippen molar-refractivity contribution in [1.82, 2.24) is 19.8 Å². The van der Waals surface area contributed by atoms with E-state index in [0.29, 0.717) is 55.8 Å². The maximum atomic E-state index is 14.0. The minimum atomic E-state index is -0.714. The molecule has 0 spiro atoms. The van der Waals surface area contributed by atoms with Crippen molar-refractivity contribution in [2.24, 2.45) is 0 Å². The summed E-state index contributed by atoms with van der Waals surface area (Å²) in [4.78, 5) is 46.9. The molecule has 4 rings (SSSR count).